The van der Waals surface area contributed by atoms with Gasteiger partial charge >= 0.3 is 0 Å². The molecule has 2 fully saturated rings. The van der Waals surface area contributed by atoms with Gasteiger partial charge in [0.25, 0.3) is 5.91 Å². The summed E-state index contributed by atoms with van der Waals surface area (Å²) >= 11 is 1.33. The number of nitrogens with one attached hydrogen (secondary N) is 1. The molecule has 2 amide bonds. The van der Waals surface area contributed by atoms with Crippen LogP contribution >= 0.6 is 11.8 Å². The summed E-state index contributed by atoms with van der Waals surface area (Å²) in [4.78, 5) is 32.3. The van der Waals surface area contributed by atoms with E-state index >= 15 is 0 Å². The topological polar surface area (TPSA) is 91.4 Å². The molecular weight excluding hydrogens is 318 g/mol. The summed E-state index contributed by atoms with van der Waals surface area (Å²) in [6.07, 6.45) is 1.49. The Kier molecular flexibility index (Phi) is 5.16. The lowest BCUT2D eigenvalue weighted by Crippen LogP contribution is -2.53. The van der Waals surface area contributed by atoms with E-state index in [0.29, 0.717) is 43.7 Å². The van der Waals surface area contributed by atoms with E-state index in [0.717, 1.165) is 18.7 Å². The molecule has 23 heavy (non-hydrogen) atoms. The summed E-state index contributed by atoms with van der Waals surface area (Å²) in [5.41, 5.74) is 0. The maximum absolute atomic E-state index is 12.3. The quantitative estimate of drug-likeness (QED) is 0.780. The van der Waals surface area contributed by atoms with E-state index in [1.807, 2.05) is 11.8 Å². The van der Waals surface area contributed by atoms with Crippen LogP contribution in [-0.4, -0.2) is 81.4 Å². The Morgan fingerprint density at radius 1 is 1.30 bits per heavy atom. The number of rotatable bonds is 4. The smallest absolute Gasteiger partial charge is 0.251 e. The number of aryl methyl sites for hydroxylation is 1. The molecule has 3 rings (SSSR count). The lowest BCUT2D eigenvalue weighted by Gasteiger charge is -2.35. The van der Waals surface area contributed by atoms with Crippen molar-refractivity contribution in [3.63, 3.8) is 0 Å². The van der Waals surface area contributed by atoms with Gasteiger partial charge in [0.1, 0.15) is 11.9 Å². The summed E-state index contributed by atoms with van der Waals surface area (Å²) in [6, 6.07) is 0. The first-order chi connectivity index (χ1) is 11.1. The Hall–Kier alpha value is -1.61. The van der Waals surface area contributed by atoms with Crippen molar-refractivity contribution in [3.8, 4) is 0 Å². The fourth-order valence-electron chi connectivity index (χ4n) is 2.76. The number of H-pyrrole nitrogens is 1. The van der Waals surface area contributed by atoms with Crippen LogP contribution in [0.15, 0.2) is 5.16 Å². The van der Waals surface area contributed by atoms with Gasteiger partial charge in [-0.25, -0.2) is 4.98 Å². The Morgan fingerprint density at radius 3 is 2.65 bits per heavy atom. The highest BCUT2D eigenvalue weighted by Gasteiger charge is 2.31. The van der Waals surface area contributed by atoms with E-state index in [-0.39, 0.29) is 17.9 Å². The molecule has 126 valence electrons. The van der Waals surface area contributed by atoms with Crippen molar-refractivity contribution in [2.45, 2.75) is 31.0 Å². The largest absolute Gasteiger partial charge is 0.368 e. The molecule has 9 heteroatoms. The number of nitrogens with zero attached hydrogens (tertiary/aromatic N) is 4. The van der Waals surface area contributed by atoms with Crippen LogP contribution in [0, 0.1) is 6.92 Å². The molecule has 0 spiro atoms. The van der Waals surface area contributed by atoms with Crippen molar-refractivity contribution in [3.05, 3.63) is 5.82 Å². The second-order valence-electron chi connectivity index (χ2n) is 5.70. The number of carbonyl (C=O) groups is 2. The summed E-state index contributed by atoms with van der Waals surface area (Å²) in [5, 5.41) is 7.34. The van der Waals surface area contributed by atoms with E-state index in [2.05, 4.69) is 15.2 Å². The fourth-order valence-corrected chi connectivity index (χ4v) is 3.50. The Labute approximate surface area is 138 Å². The maximum Gasteiger partial charge on any atom is 0.251 e. The third kappa shape index (κ3) is 4.03. The molecule has 1 N–H and O–H groups in total. The van der Waals surface area contributed by atoms with Crippen LogP contribution in [0.2, 0.25) is 0 Å². The number of aromatic nitrogens is 3. The van der Waals surface area contributed by atoms with E-state index in [1.54, 1.807) is 4.90 Å². The Bertz CT molecular complexity index is 565. The van der Waals surface area contributed by atoms with Gasteiger partial charge in [0.15, 0.2) is 0 Å². The average molecular weight is 339 g/mol. The van der Waals surface area contributed by atoms with Crippen LogP contribution in [-0.2, 0) is 14.3 Å². The molecule has 8 nitrogen and oxygen atoms in total. The van der Waals surface area contributed by atoms with Gasteiger partial charge in [-0.2, -0.15) is 0 Å². The minimum absolute atomic E-state index is 0.0571. The van der Waals surface area contributed by atoms with E-state index in [1.165, 1.54) is 11.8 Å². The molecule has 1 atom stereocenters. The third-order valence-corrected chi connectivity index (χ3v) is 4.88. The van der Waals surface area contributed by atoms with Gasteiger partial charge in [-0.1, -0.05) is 11.8 Å². The number of hydrogen-bond donors (Lipinski definition) is 1. The van der Waals surface area contributed by atoms with Crippen LogP contribution < -0.4 is 0 Å². The van der Waals surface area contributed by atoms with Crippen molar-refractivity contribution < 1.29 is 14.3 Å². The number of aromatic amines is 1. The molecule has 0 bridgehead atoms. The van der Waals surface area contributed by atoms with Crippen LogP contribution in [0.25, 0.3) is 0 Å². The van der Waals surface area contributed by atoms with Gasteiger partial charge < -0.3 is 14.5 Å². The number of amides is 2. The van der Waals surface area contributed by atoms with Gasteiger partial charge in [-0.3, -0.25) is 14.7 Å². The molecular formula is C14H21N5O3S. The SMILES string of the molecule is Cc1nc(SCC(=O)N2CCN(C(=O)C3CCCO3)CC2)n[nH]1. The second kappa shape index (κ2) is 7.31. The van der Waals surface area contributed by atoms with E-state index < -0.39 is 0 Å². The highest BCUT2D eigenvalue weighted by atomic mass is 32.2. The van der Waals surface area contributed by atoms with Gasteiger partial charge in [0.2, 0.25) is 11.1 Å². The summed E-state index contributed by atoms with van der Waals surface area (Å²) in [7, 11) is 0. The van der Waals surface area contributed by atoms with Crippen molar-refractivity contribution in [2.24, 2.45) is 0 Å². The van der Waals surface area contributed by atoms with Crippen molar-refractivity contribution in [1.82, 2.24) is 25.0 Å². The fraction of sp³-hybridized carbons (Fsp3) is 0.714. The predicted molar refractivity (Wildman–Crippen MR) is 84.0 cm³/mol. The van der Waals surface area contributed by atoms with Gasteiger partial charge in [0.05, 0.1) is 5.75 Å². The zero-order chi connectivity index (χ0) is 16.2. The highest BCUT2D eigenvalue weighted by Crippen LogP contribution is 2.17. The predicted octanol–water partition coefficient (Wildman–Crippen LogP) is 0.0550. The lowest BCUT2D eigenvalue weighted by molar-refractivity contribution is -0.145. The number of ether oxygens (including phenoxy) is 1. The molecule has 0 aliphatic carbocycles. The highest BCUT2D eigenvalue weighted by molar-refractivity contribution is 7.99. The molecule has 0 aromatic carbocycles. The van der Waals surface area contributed by atoms with Gasteiger partial charge in [0, 0.05) is 32.8 Å². The first kappa shape index (κ1) is 16.3. The van der Waals surface area contributed by atoms with Crippen LogP contribution in [0.3, 0.4) is 0 Å². The maximum atomic E-state index is 12.3. The Balaban J connectivity index is 1.42. The van der Waals surface area contributed by atoms with E-state index in [9.17, 15) is 9.59 Å². The normalized spacial score (nSPS) is 21.7. The van der Waals surface area contributed by atoms with Crippen molar-refractivity contribution in [1.29, 1.82) is 0 Å². The van der Waals surface area contributed by atoms with Gasteiger partial charge in [-0.05, 0) is 19.8 Å². The number of hydrogen-bond acceptors (Lipinski definition) is 6. The molecule has 0 saturated carbocycles. The standard InChI is InChI=1S/C14H21N5O3S/c1-10-15-14(17-16-10)23-9-12(20)18-4-6-19(7-5-18)13(21)11-3-2-8-22-11/h11H,2-9H2,1H3,(H,15,16,17). The summed E-state index contributed by atoms with van der Waals surface area (Å²) < 4.78 is 5.44. The third-order valence-electron chi connectivity index (χ3n) is 4.05. The molecule has 2 aliphatic rings. The van der Waals surface area contributed by atoms with Crippen molar-refractivity contribution in [2.75, 3.05) is 38.5 Å². The zero-order valence-electron chi connectivity index (χ0n) is 13.2. The number of piperazine rings is 1. The molecule has 3 heterocycles. The number of thioether (sulfide) groups is 1. The van der Waals surface area contributed by atoms with Gasteiger partial charge in [-0.15, -0.1) is 5.10 Å². The first-order valence-corrected chi connectivity index (χ1v) is 8.82. The second-order valence-corrected chi connectivity index (χ2v) is 6.64. The molecule has 0 radical (unpaired) electrons. The summed E-state index contributed by atoms with van der Waals surface area (Å²) in [6.45, 7) is 4.80. The van der Waals surface area contributed by atoms with Crippen LogP contribution in [0.5, 0.6) is 0 Å². The Morgan fingerprint density at radius 2 is 2.04 bits per heavy atom. The molecule has 2 aliphatic heterocycles. The minimum atomic E-state index is -0.276. The van der Waals surface area contributed by atoms with Crippen molar-refractivity contribution >= 4 is 23.6 Å². The first-order valence-electron chi connectivity index (χ1n) is 7.83. The monoisotopic (exact) mass is 339 g/mol. The number of carbonyl (C=O) groups excluding carboxylic acids is 2. The minimum Gasteiger partial charge on any atom is -0.368 e. The average Bonchev–Trinajstić information content (AvgIpc) is 3.24. The van der Waals surface area contributed by atoms with Crippen LogP contribution in [0.4, 0.5) is 0 Å². The summed E-state index contributed by atoms with van der Waals surface area (Å²) in [5.74, 6) is 1.18. The zero-order valence-corrected chi connectivity index (χ0v) is 14.0. The van der Waals surface area contributed by atoms with Crippen LogP contribution in [0.1, 0.15) is 18.7 Å². The molecule has 1 aromatic rings. The molecule has 2 saturated heterocycles. The van der Waals surface area contributed by atoms with E-state index in [4.69, 9.17) is 4.74 Å². The molecule has 1 unspecified atom stereocenters. The molecule has 1 aromatic heterocycles. The lowest BCUT2D eigenvalue weighted by atomic mass is 10.2.